The van der Waals surface area contributed by atoms with Crippen molar-refractivity contribution in [3.05, 3.63) is 29.8 Å². The van der Waals surface area contributed by atoms with Gasteiger partial charge in [-0.05, 0) is 13.0 Å². The van der Waals surface area contributed by atoms with E-state index in [-0.39, 0.29) is 6.01 Å². The zero-order chi connectivity index (χ0) is 9.97. The molecule has 0 saturated carbocycles. The molecule has 0 aliphatic carbocycles. The third kappa shape index (κ3) is 1.57. The van der Waals surface area contributed by atoms with Gasteiger partial charge in [0, 0.05) is 5.56 Å². The molecule has 0 aliphatic rings. The van der Waals surface area contributed by atoms with Crippen LogP contribution in [-0.4, -0.2) is 10.1 Å². The minimum atomic E-state index is 0.210. The highest BCUT2D eigenvalue weighted by Gasteiger charge is 2.06. The topological polar surface area (TPSA) is 77.0 Å². The van der Waals surface area contributed by atoms with E-state index in [4.69, 9.17) is 10.4 Å². The van der Waals surface area contributed by atoms with Gasteiger partial charge in [0.05, 0.1) is 0 Å². The second-order valence-electron chi connectivity index (χ2n) is 2.94. The summed E-state index contributed by atoms with van der Waals surface area (Å²) in [6.45, 7) is 2.01. The molecule has 1 aromatic carbocycles. The predicted molar refractivity (Wildman–Crippen MR) is 52.3 cm³/mol. The number of rotatable bonds is 2. The fraction of sp³-hybridized carbons (Fsp3) is 0.111. The molecule has 14 heavy (non-hydrogen) atoms. The molecule has 0 aliphatic heterocycles. The standard InChI is InChI=1S/C9H10N4O/c1-6-3-2-4-7(5-6)8-11-9(12-10)14-13-8/h2-5H,10H2,1H3,(H,11,12,13). The number of benzene rings is 1. The van der Waals surface area contributed by atoms with Crippen LogP contribution >= 0.6 is 0 Å². The van der Waals surface area contributed by atoms with Crippen LogP contribution in [0.1, 0.15) is 5.56 Å². The Balaban J connectivity index is 2.39. The van der Waals surface area contributed by atoms with E-state index < -0.39 is 0 Å². The van der Waals surface area contributed by atoms with Crippen molar-refractivity contribution in [1.82, 2.24) is 10.1 Å². The van der Waals surface area contributed by atoms with Crippen molar-refractivity contribution in [2.24, 2.45) is 5.84 Å². The first kappa shape index (κ1) is 8.71. The first-order valence-corrected chi connectivity index (χ1v) is 4.17. The molecule has 0 saturated heterocycles. The molecule has 2 rings (SSSR count). The summed E-state index contributed by atoms with van der Waals surface area (Å²) in [7, 11) is 0. The van der Waals surface area contributed by atoms with E-state index in [1.807, 2.05) is 31.2 Å². The Hall–Kier alpha value is -1.88. The molecule has 0 amide bonds. The van der Waals surface area contributed by atoms with Crippen LogP contribution in [-0.2, 0) is 0 Å². The Bertz CT molecular complexity index is 438. The van der Waals surface area contributed by atoms with Crippen LogP contribution < -0.4 is 11.3 Å². The average Bonchev–Trinajstić information content (AvgIpc) is 2.66. The monoisotopic (exact) mass is 190 g/mol. The number of nitrogens with two attached hydrogens (primary N) is 1. The number of hydrazine groups is 1. The summed E-state index contributed by atoms with van der Waals surface area (Å²) in [6, 6.07) is 8.05. The number of hydrogen-bond donors (Lipinski definition) is 2. The number of aromatic nitrogens is 2. The molecule has 0 radical (unpaired) electrons. The number of aryl methyl sites for hydroxylation is 1. The second-order valence-corrected chi connectivity index (χ2v) is 2.94. The van der Waals surface area contributed by atoms with Gasteiger partial charge in [-0.15, -0.1) is 0 Å². The smallest absolute Gasteiger partial charge is 0.314 e. The summed E-state index contributed by atoms with van der Waals surface area (Å²) in [6.07, 6.45) is 0. The lowest BCUT2D eigenvalue weighted by Crippen LogP contribution is -2.06. The number of hydrogen-bond acceptors (Lipinski definition) is 5. The minimum Gasteiger partial charge on any atom is -0.314 e. The maximum absolute atomic E-state index is 5.12. The van der Waals surface area contributed by atoms with Crippen molar-refractivity contribution in [1.29, 1.82) is 0 Å². The summed E-state index contributed by atoms with van der Waals surface area (Å²) in [5, 5.41) is 3.77. The molecule has 0 spiro atoms. The fourth-order valence-corrected chi connectivity index (χ4v) is 1.18. The van der Waals surface area contributed by atoms with E-state index in [9.17, 15) is 0 Å². The van der Waals surface area contributed by atoms with Crippen molar-refractivity contribution in [3.63, 3.8) is 0 Å². The normalized spacial score (nSPS) is 10.1. The Morgan fingerprint density at radius 1 is 1.43 bits per heavy atom. The number of anilines is 1. The molecule has 5 heteroatoms. The molecule has 0 fully saturated rings. The van der Waals surface area contributed by atoms with Gasteiger partial charge in [0.15, 0.2) is 0 Å². The maximum Gasteiger partial charge on any atom is 0.335 e. The third-order valence-electron chi connectivity index (χ3n) is 1.83. The van der Waals surface area contributed by atoms with Crippen LogP contribution in [0.4, 0.5) is 6.01 Å². The van der Waals surface area contributed by atoms with Crippen LogP contribution in [0.15, 0.2) is 28.8 Å². The molecule has 0 bridgehead atoms. The number of nitrogens with one attached hydrogen (secondary N) is 1. The summed E-state index contributed by atoms with van der Waals surface area (Å²) in [5.74, 6) is 5.65. The Labute approximate surface area is 80.9 Å². The quantitative estimate of drug-likeness (QED) is 0.551. The van der Waals surface area contributed by atoms with Crippen molar-refractivity contribution in [2.75, 3.05) is 5.43 Å². The average molecular weight is 190 g/mol. The van der Waals surface area contributed by atoms with Gasteiger partial charge >= 0.3 is 6.01 Å². The summed E-state index contributed by atoms with van der Waals surface area (Å²) in [5.41, 5.74) is 4.35. The summed E-state index contributed by atoms with van der Waals surface area (Å²) in [4.78, 5) is 4.03. The van der Waals surface area contributed by atoms with Gasteiger partial charge in [-0.3, -0.25) is 5.43 Å². The van der Waals surface area contributed by atoms with Gasteiger partial charge in [0.1, 0.15) is 0 Å². The first-order chi connectivity index (χ1) is 6.79. The second kappa shape index (κ2) is 3.47. The molecule has 1 heterocycles. The highest BCUT2D eigenvalue weighted by Crippen LogP contribution is 2.17. The SMILES string of the molecule is Cc1cccc(-c2noc(NN)n2)c1. The molecular formula is C9H10N4O. The van der Waals surface area contributed by atoms with E-state index in [0.717, 1.165) is 11.1 Å². The van der Waals surface area contributed by atoms with Gasteiger partial charge in [0.2, 0.25) is 5.82 Å². The van der Waals surface area contributed by atoms with Gasteiger partial charge in [-0.25, -0.2) is 5.84 Å². The van der Waals surface area contributed by atoms with Crippen molar-refractivity contribution < 1.29 is 4.52 Å². The molecular weight excluding hydrogens is 180 g/mol. The molecule has 72 valence electrons. The van der Waals surface area contributed by atoms with Crippen LogP contribution in [0.25, 0.3) is 11.4 Å². The highest BCUT2D eigenvalue weighted by atomic mass is 16.5. The zero-order valence-corrected chi connectivity index (χ0v) is 7.69. The van der Waals surface area contributed by atoms with Crippen LogP contribution in [0, 0.1) is 6.92 Å². The fourth-order valence-electron chi connectivity index (χ4n) is 1.18. The van der Waals surface area contributed by atoms with E-state index in [2.05, 4.69) is 15.6 Å². The van der Waals surface area contributed by atoms with E-state index >= 15 is 0 Å². The first-order valence-electron chi connectivity index (χ1n) is 4.17. The van der Waals surface area contributed by atoms with Gasteiger partial charge in [-0.2, -0.15) is 4.98 Å². The van der Waals surface area contributed by atoms with Crippen LogP contribution in [0.5, 0.6) is 0 Å². The van der Waals surface area contributed by atoms with Crippen LogP contribution in [0.3, 0.4) is 0 Å². The van der Waals surface area contributed by atoms with Crippen LogP contribution in [0.2, 0.25) is 0 Å². The molecule has 3 N–H and O–H groups in total. The zero-order valence-electron chi connectivity index (χ0n) is 7.69. The lowest BCUT2D eigenvalue weighted by molar-refractivity contribution is 0.432. The van der Waals surface area contributed by atoms with Gasteiger partial charge < -0.3 is 4.52 Å². The van der Waals surface area contributed by atoms with Crippen molar-refractivity contribution >= 4 is 6.01 Å². The lowest BCUT2D eigenvalue weighted by atomic mass is 10.1. The number of nitrogen functional groups attached to an aromatic ring is 1. The van der Waals surface area contributed by atoms with Crippen molar-refractivity contribution in [2.45, 2.75) is 6.92 Å². The number of nitrogens with zero attached hydrogens (tertiary/aromatic N) is 2. The molecule has 0 unspecified atom stereocenters. The summed E-state index contributed by atoms with van der Waals surface area (Å²) >= 11 is 0. The van der Waals surface area contributed by atoms with Gasteiger partial charge in [0.25, 0.3) is 0 Å². The van der Waals surface area contributed by atoms with Crippen molar-refractivity contribution in [3.8, 4) is 11.4 Å². The Morgan fingerprint density at radius 3 is 2.93 bits per heavy atom. The lowest BCUT2D eigenvalue weighted by Gasteiger charge is -1.94. The molecule has 5 nitrogen and oxygen atoms in total. The minimum absolute atomic E-state index is 0.210. The molecule has 1 aromatic heterocycles. The van der Waals surface area contributed by atoms with Gasteiger partial charge in [-0.1, -0.05) is 28.9 Å². The summed E-state index contributed by atoms with van der Waals surface area (Å²) < 4.78 is 4.81. The van der Waals surface area contributed by atoms with E-state index in [1.54, 1.807) is 0 Å². The largest absolute Gasteiger partial charge is 0.335 e. The highest BCUT2D eigenvalue weighted by molar-refractivity contribution is 5.56. The Morgan fingerprint density at radius 2 is 2.29 bits per heavy atom. The third-order valence-corrected chi connectivity index (χ3v) is 1.83. The molecule has 0 atom stereocenters. The van der Waals surface area contributed by atoms with E-state index in [0.29, 0.717) is 5.82 Å². The van der Waals surface area contributed by atoms with E-state index in [1.165, 1.54) is 0 Å². The predicted octanol–water partition coefficient (Wildman–Crippen LogP) is 1.33. The Kier molecular flexibility index (Phi) is 2.16. The maximum atomic E-state index is 5.12. The molecule has 2 aromatic rings.